The number of hydrogen-bond acceptors (Lipinski definition) is 4. The fourth-order valence-electron chi connectivity index (χ4n) is 6.45. The van der Waals surface area contributed by atoms with E-state index < -0.39 is 0 Å². The molecule has 2 amide bonds. The van der Waals surface area contributed by atoms with Gasteiger partial charge in [0.05, 0.1) is 16.6 Å². The number of piperidine rings is 1. The number of fused-ring (bicyclic) bond motifs is 1. The van der Waals surface area contributed by atoms with Crippen molar-refractivity contribution in [3.63, 3.8) is 0 Å². The maximum Gasteiger partial charge on any atom is 0.253 e. The average molecular weight is 529 g/mol. The van der Waals surface area contributed by atoms with Crippen molar-refractivity contribution in [2.75, 3.05) is 31.1 Å². The summed E-state index contributed by atoms with van der Waals surface area (Å²) in [5, 5.41) is 3.62. The van der Waals surface area contributed by atoms with Gasteiger partial charge in [0, 0.05) is 49.8 Å². The first-order valence-electron chi connectivity index (χ1n) is 13.6. The van der Waals surface area contributed by atoms with E-state index in [-0.39, 0.29) is 23.3 Å². The van der Waals surface area contributed by atoms with E-state index in [9.17, 15) is 9.59 Å². The Kier molecular flexibility index (Phi) is 6.83. The average Bonchev–Trinajstić information content (AvgIpc) is 3.37. The van der Waals surface area contributed by atoms with Crippen LogP contribution in [0.25, 0.3) is 0 Å². The number of aromatic nitrogens is 1. The third-order valence-corrected chi connectivity index (χ3v) is 9.04. The minimum absolute atomic E-state index is 0.0911. The van der Waals surface area contributed by atoms with Crippen LogP contribution in [0.5, 0.6) is 0 Å². The summed E-state index contributed by atoms with van der Waals surface area (Å²) < 4.78 is 0. The predicted octanol–water partition coefficient (Wildman–Crippen LogP) is 5.68. The second-order valence-corrected chi connectivity index (χ2v) is 11.4. The molecule has 2 saturated heterocycles. The van der Waals surface area contributed by atoms with Crippen LogP contribution in [0.15, 0.2) is 67.0 Å². The van der Waals surface area contributed by atoms with Crippen molar-refractivity contribution in [3.05, 3.63) is 94.3 Å². The summed E-state index contributed by atoms with van der Waals surface area (Å²) in [5.74, 6) is -0.0859. The SMILES string of the molecule is O=C(N[C@@H]1CCCc2ccc(C(=O)N3CCC4(CC3)CCN(c3ccncc3)C4)cc21)c1ccccc1Cl. The highest BCUT2D eigenvalue weighted by Gasteiger charge is 2.41. The third kappa shape index (κ3) is 4.90. The van der Waals surface area contributed by atoms with Gasteiger partial charge in [-0.25, -0.2) is 0 Å². The zero-order valence-electron chi connectivity index (χ0n) is 21.5. The van der Waals surface area contributed by atoms with Gasteiger partial charge in [0.15, 0.2) is 0 Å². The Morgan fingerprint density at radius 2 is 1.74 bits per heavy atom. The molecule has 1 atom stereocenters. The zero-order valence-corrected chi connectivity index (χ0v) is 22.3. The van der Waals surface area contributed by atoms with Gasteiger partial charge in [-0.05, 0) is 91.5 Å². The Bertz CT molecular complexity index is 1340. The maximum atomic E-state index is 13.6. The summed E-state index contributed by atoms with van der Waals surface area (Å²) in [5.41, 5.74) is 4.97. The van der Waals surface area contributed by atoms with Gasteiger partial charge in [-0.2, -0.15) is 0 Å². The van der Waals surface area contributed by atoms with Gasteiger partial charge >= 0.3 is 0 Å². The van der Waals surface area contributed by atoms with Crippen LogP contribution in [0, 0.1) is 5.41 Å². The molecule has 0 unspecified atom stereocenters. The number of nitrogens with zero attached hydrogens (tertiary/aromatic N) is 3. The van der Waals surface area contributed by atoms with Crippen LogP contribution in [-0.4, -0.2) is 47.9 Å². The molecule has 2 aliphatic heterocycles. The lowest BCUT2D eigenvalue weighted by atomic mass is 9.77. The highest BCUT2D eigenvalue weighted by molar-refractivity contribution is 6.33. The van der Waals surface area contributed by atoms with Crippen molar-refractivity contribution in [1.82, 2.24) is 15.2 Å². The van der Waals surface area contributed by atoms with Crippen molar-refractivity contribution in [2.24, 2.45) is 5.41 Å². The summed E-state index contributed by atoms with van der Waals surface area (Å²) in [7, 11) is 0. The summed E-state index contributed by atoms with van der Waals surface area (Å²) in [6.07, 6.45) is 9.74. The lowest BCUT2D eigenvalue weighted by molar-refractivity contribution is 0.0610. The second kappa shape index (κ2) is 10.4. The van der Waals surface area contributed by atoms with Crippen LogP contribution >= 0.6 is 11.6 Å². The van der Waals surface area contributed by atoms with E-state index in [4.69, 9.17) is 11.6 Å². The fraction of sp³-hybridized carbons (Fsp3) is 0.387. The van der Waals surface area contributed by atoms with Gasteiger partial charge in [-0.3, -0.25) is 14.6 Å². The molecule has 1 N–H and O–H groups in total. The van der Waals surface area contributed by atoms with Gasteiger partial charge in [0.25, 0.3) is 11.8 Å². The van der Waals surface area contributed by atoms with E-state index >= 15 is 0 Å². The molecule has 0 radical (unpaired) electrons. The summed E-state index contributed by atoms with van der Waals surface area (Å²) in [4.78, 5) is 35.2. The normalized spacial score (nSPS) is 20.3. The number of benzene rings is 2. The van der Waals surface area contributed by atoms with E-state index in [1.165, 1.54) is 17.7 Å². The lowest BCUT2D eigenvalue weighted by Gasteiger charge is -2.39. The number of carbonyl (C=O) groups is 2. The van der Waals surface area contributed by atoms with Gasteiger partial charge in [0.2, 0.25) is 0 Å². The van der Waals surface area contributed by atoms with Crippen molar-refractivity contribution in [3.8, 4) is 0 Å². The highest BCUT2D eigenvalue weighted by Crippen LogP contribution is 2.42. The smallest absolute Gasteiger partial charge is 0.253 e. The van der Waals surface area contributed by atoms with Crippen molar-refractivity contribution < 1.29 is 9.59 Å². The minimum atomic E-state index is -0.177. The molecule has 3 heterocycles. The number of pyridine rings is 1. The van der Waals surface area contributed by atoms with Crippen LogP contribution in [0.3, 0.4) is 0 Å². The number of hydrogen-bond donors (Lipinski definition) is 1. The second-order valence-electron chi connectivity index (χ2n) is 11.0. The van der Waals surface area contributed by atoms with E-state index in [1.54, 1.807) is 12.1 Å². The van der Waals surface area contributed by atoms with Crippen LogP contribution in [-0.2, 0) is 6.42 Å². The van der Waals surface area contributed by atoms with Gasteiger partial charge in [0.1, 0.15) is 0 Å². The third-order valence-electron chi connectivity index (χ3n) is 8.71. The molecule has 0 bridgehead atoms. The number of halogens is 1. The Morgan fingerprint density at radius 3 is 2.53 bits per heavy atom. The molecule has 3 aromatic rings. The number of likely N-dealkylation sites (tertiary alicyclic amines) is 1. The van der Waals surface area contributed by atoms with Crippen molar-refractivity contribution in [2.45, 2.75) is 44.6 Å². The first-order chi connectivity index (χ1) is 18.5. The molecule has 3 aliphatic rings. The molecule has 196 valence electrons. The first-order valence-corrected chi connectivity index (χ1v) is 14.0. The summed E-state index contributed by atoms with van der Waals surface area (Å²) in [6.45, 7) is 3.67. The number of anilines is 1. The first kappa shape index (κ1) is 24.9. The molecule has 0 saturated carbocycles. The molecular formula is C31H33ClN4O2. The number of carbonyl (C=O) groups excluding carboxylic acids is 2. The van der Waals surface area contributed by atoms with Crippen molar-refractivity contribution >= 4 is 29.1 Å². The Morgan fingerprint density at radius 1 is 0.974 bits per heavy atom. The van der Waals surface area contributed by atoms with Gasteiger partial charge in [-0.15, -0.1) is 0 Å². The molecule has 1 spiro atoms. The molecule has 6 nitrogen and oxygen atoms in total. The number of nitrogens with one attached hydrogen (secondary N) is 1. The van der Waals surface area contributed by atoms with Crippen LogP contribution in [0.4, 0.5) is 5.69 Å². The standard InChI is InChI=1S/C31H33ClN4O2/c32-27-6-2-1-5-25(27)29(37)34-28-7-3-4-22-8-9-23(20-26(22)28)30(38)35-17-12-31(13-18-35)14-19-36(21-31)24-10-15-33-16-11-24/h1-2,5-6,8-11,15-16,20,28H,3-4,7,12-14,17-19,21H2,(H,34,37)/t28-/m1/s1. The Balaban J connectivity index is 1.13. The molecule has 1 aliphatic carbocycles. The summed E-state index contributed by atoms with van der Waals surface area (Å²) >= 11 is 6.26. The molecule has 2 aromatic carbocycles. The van der Waals surface area contributed by atoms with E-state index in [0.717, 1.165) is 63.8 Å². The maximum absolute atomic E-state index is 13.6. The summed E-state index contributed by atoms with van der Waals surface area (Å²) in [6, 6.07) is 17.2. The highest BCUT2D eigenvalue weighted by atomic mass is 35.5. The van der Waals surface area contributed by atoms with Crippen LogP contribution < -0.4 is 10.2 Å². The number of amides is 2. The van der Waals surface area contributed by atoms with Gasteiger partial charge < -0.3 is 15.1 Å². The quantitative estimate of drug-likeness (QED) is 0.473. The van der Waals surface area contributed by atoms with E-state index in [1.807, 2.05) is 41.6 Å². The molecular weight excluding hydrogens is 496 g/mol. The molecule has 2 fully saturated rings. The molecule has 7 heteroatoms. The zero-order chi connectivity index (χ0) is 26.1. The van der Waals surface area contributed by atoms with E-state index in [0.29, 0.717) is 16.1 Å². The Hall–Kier alpha value is -3.38. The lowest BCUT2D eigenvalue weighted by Crippen LogP contribution is -2.44. The minimum Gasteiger partial charge on any atom is -0.371 e. The fourth-order valence-corrected chi connectivity index (χ4v) is 6.67. The number of aryl methyl sites for hydroxylation is 1. The topological polar surface area (TPSA) is 65.5 Å². The van der Waals surface area contributed by atoms with Crippen LogP contribution in [0.2, 0.25) is 5.02 Å². The van der Waals surface area contributed by atoms with Gasteiger partial charge in [-0.1, -0.05) is 29.8 Å². The van der Waals surface area contributed by atoms with E-state index in [2.05, 4.69) is 33.4 Å². The van der Waals surface area contributed by atoms with Crippen molar-refractivity contribution in [1.29, 1.82) is 0 Å². The largest absolute Gasteiger partial charge is 0.371 e. The number of rotatable bonds is 4. The molecule has 1 aromatic heterocycles. The van der Waals surface area contributed by atoms with Crippen LogP contribution in [0.1, 0.15) is 70.0 Å². The molecule has 38 heavy (non-hydrogen) atoms. The monoisotopic (exact) mass is 528 g/mol. The Labute approximate surface area is 229 Å². The molecule has 6 rings (SSSR count). The predicted molar refractivity (Wildman–Crippen MR) is 150 cm³/mol.